The topological polar surface area (TPSA) is 186 Å². The van der Waals surface area contributed by atoms with Crippen molar-refractivity contribution in [2.75, 3.05) is 36.6 Å². The lowest BCUT2D eigenvalue weighted by Crippen LogP contribution is -2.42. The van der Waals surface area contributed by atoms with Gasteiger partial charge in [0.1, 0.15) is 6.04 Å². The van der Waals surface area contributed by atoms with E-state index in [0.29, 0.717) is 30.4 Å². The number of nitrogens with zero attached hydrogens (tertiary/aromatic N) is 2. The second kappa shape index (κ2) is 17.8. The molecule has 2 amide bonds. The average molecular weight is 680 g/mol. The number of nitrogens with one attached hydrogen (secondary N) is 3. The number of esters is 3. The van der Waals surface area contributed by atoms with Crippen molar-refractivity contribution in [3.8, 4) is 0 Å². The van der Waals surface area contributed by atoms with Crippen LogP contribution in [0.3, 0.4) is 0 Å². The third-order valence-corrected chi connectivity index (χ3v) is 7.25. The van der Waals surface area contributed by atoms with Gasteiger partial charge in [-0.1, -0.05) is 26.8 Å². The number of aromatic amines is 1. The predicted octanol–water partition coefficient (Wildman–Crippen LogP) is 3.87. The summed E-state index contributed by atoms with van der Waals surface area (Å²) in [6, 6.07) is 10.9. The van der Waals surface area contributed by atoms with Crippen molar-refractivity contribution in [3.05, 3.63) is 63.9 Å². The van der Waals surface area contributed by atoms with Gasteiger partial charge in [0.05, 0.1) is 30.7 Å². The molecule has 3 N–H and O–H groups in total. The first-order valence-electron chi connectivity index (χ1n) is 16.2. The number of H-pyrrole nitrogens is 1. The Balaban J connectivity index is 1.81. The van der Waals surface area contributed by atoms with Gasteiger partial charge in [0, 0.05) is 43.1 Å². The molecule has 49 heavy (non-hydrogen) atoms. The summed E-state index contributed by atoms with van der Waals surface area (Å²) in [6.45, 7) is 11.3. The van der Waals surface area contributed by atoms with Crippen LogP contribution in [0.5, 0.6) is 0 Å². The molecule has 0 saturated carbocycles. The molecule has 2 aromatic carbocycles. The van der Waals surface area contributed by atoms with E-state index < -0.39 is 34.9 Å². The summed E-state index contributed by atoms with van der Waals surface area (Å²) in [5.41, 5.74) is 1.16. The zero-order valence-corrected chi connectivity index (χ0v) is 28.8. The molecule has 0 unspecified atom stereocenters. The van der Waals surface area contributed by atoms with E-state index in [1.54, 1.807) is 71.0 Å². The van der Waals surface area contributed by atoms with Gasteiger partial charge in [-0.2, -0.15) is 0 Å². The summed E-state index contributed by atoms with van der Waals surface area (Å²) in [4.78, 5) is 83.2. The molecule has 3 aromatic rings. The highest BCUT2D eigenvalue weighted by atomic mass is 16.5. The summed E-state index contributed by atoms with van der Waals surface area (Å²) in [6.07, 6.45) is 0.467. The summed E-state index contributed by atoms with van der Waals surface area (Å²) in [5, 5.41) is 5.65. The molecule has 0 bridgehead atoms. The fourth-order valence-electron chi connectivity index (χ4n) is 4.68. The van der Waals surface area contributed by atoms with E-state index in [4.69, 9.17) is 14.2 Å². The number of fused-ring (bicyclic) bond motifs is 1. The minimum atomic E-state index is -1.04. The van der Waals surface area contributed by atoms with Crippen LogP contribution in [0.4, 0.5) is 11.6 Å². The molecule has 14 nitrogen and oxygen atoms in total. The molecule has 0 radical (unpaired) electrons. The second-order valence-electron chi connectivity index (χ2n) is 12.3. The standard InChI is InChI=1S/C35H45N5O9/c1-7-47-29(42)17-16-28(32(45)48-8-2)36-30(43)24-11-13-25(14-12-24)40(18-9-19-49-22(3)41)21-23-10-15-27-26(20-23)31(44)38-34(37-27)39-33(46)35(4,5)6/h10-15,20,28H,7-9,16-19,21H2,1-6H3,(H,36,43)(H2,37,38,39,44,46)/t28-/m0/s1. The normalized spacial score (nSPS) is 11.7. The van der Waals surface area contributed by atoms with E-state index in [0.717, 1.165) is 11.3 Å². The van der Waals surface area contributed by atoms with Crippen molar-refractivity contribution in [1.29, 1.82) is 0 Å². The van der Waals surface area contributed by atoms with Gasteiger partial charge < -0.3 is 24.4 Å². The smallest absolute Gasteiger partial charge is 0.328 e. The second-order valence-corrected chi connectivity index (χ2v) is 12.3. The minimum absolute atomic E-state index is 0.0224. The molecule has 14 heteroatoms. The van der Waals surface area contributed by atoms with Crippen LogP contribution in [0.15, 0.2) is 47.3 Å². The average Bonchev–Trinajstić information content (AvgIpc) is 3.04. The van der Waals surface area contributed by atoms with Gasteiger partial charge in [0.15, 0.2) is 0 Å². The maximum absolute atomic E-state index is 13.1. The van der Waals surface area contributed by atoms with Crippen molar-refractivity contribution in [1.82, 2.24) is 15.3 Å². The number of carbonyl (C=O) groups is 5. The molecule has 0 aliphatic heterocycles. The lowest BCUT2D eigenvalue weighted by Gasteiger charge is -2.25. The first-order chi connectivity index (χ1) is 23.2. The van der Waals surface area contributed by atoms with E-state index in [1.165, 1.54) is 6.92 Å². The molecule has 0 fully saturated rings. The highest BCUT2D eigenvalue weighted by molar-refractivity contribution is 5.97. The van der Waals surface area contributed by atoms with Gasteiger partial charge in [-0.3, -0.25) is 34.3 Å². The summed E-state index contributed by atoms with van der Waals surface area (Å²) >= 11 is 0. The largest absolute Gasteiger partial charge is 0.466 e. The van der Waals surface area contributed by atoms with Crippen molar-refractivity contribution in [3.63, 3.8) is 0 Å². The van der Waals surface area contributed by atoms with E-state index >= 15 is 0 Å². The fraction of sp³-hybridized carbons (Fsp3) is 0.457. The van der Waals surface area contributed by atoms with E-state index in [2.05, 4.69) is 20.6 Å². The van der Waals surface area contributed by atoms with Crippen molar-refractivity contribution >= 4 is 52.3 Å². The predicted molar refractivity (Wildman–Crippen MR) is 183 cm³/mol. The first-order valence-corrected chi connectivity index (χ1v) is 16.2. The molecule has 0 spiro atoms. The van der Waals surface area contributed by atoms with Gasteiger partial charge in [-0.15, -0.1) is 0 Å². The van der Waals surface area contributed by atoms with Crippen LogP contribution in [-0.2, 0) is 39.9 Å². The number of rotatable bonds is 16. The van der Waals surface area contributed by atoms with Crippen LogP contribution in [0.1, 0.15) is 76.7 Å². The van der Waals surface area contributed by atoms with Gasteiger partial charge in [-0.05, 0) is 68.7 Å². The molecule has 0 saturated heterocycles. The molecular formula is C35H45N5O9. The van der Waals surface area contributed by atoms with Gasteiger partial charge in [-0.25, -0.2) is 9.78 Å². The van der Waals surface area contributed by atoms with Crippen molar-refractivity contribution in [2.24, 2.45) is 5.41 Å². The summed E-state index contributed by atoms with van der Waals surface area (Å²) in [5.74, 6) is -2.25. The molecule has 1 heterocycles. The van der Waals surface area contributed by atoms with Crippen LogP contribution in [0.2, 0.25) is 0 Å². The Morgan fingerprint density at radius 3 is 2.29 bits per heavy atom. The fourth-order valence-corrected chi connectivity index (χ4v) is 4.68. The van der Waals surface area contributed by atoms with Gasteiger partial charge in [0.25, 0.3) is 11.5 Å². The van der Waals surface area contributed by atoms with Crippen LogP contribution in [0.25, 0.3) is 10.9 Å². The number of hydrogen-bond acceptors (Lipinski definition) is 11. The van der Waals surface area contributed by atoms with Crippen LogP contribution in [0, 0.1) is 5.41 Å². The van der Waals surface area contributed by atoms with Crippen LogP contribution in [-0.4, -0.2) is 72.1 Å². The molecule has 0 aliphatic carbocycles. The van der Waals surface area contributed by atoms with Gasteiger partial charge >= 0.3 is 17.9 Å². The Morgan fingerprint density at radius 1 is 0.959 bits per heavy atom. The monoisotopic (exact) mass is 679 g/mol. The number of hydrogen-bond donors (Lipinski definition) is 3. The zero-order valence-electron chi connectivity index (χ0n) is 28.8. The lowest BCUT2D eigenvalue weighted by atomic mass is 9.96. The number of amides is 2. The molecular weight excluding hydrogens is 634 g/mol. The SMILES string of the molecule is CCOC(=O)CC[C@H](NC(=O)c1ccc(N(CCCOC(C)=O)Cc2ccc3nc(NC(=O)C(C)(C)C)[nH]c(=O)c3c2)cc1)C(=O)OCC. The third kappa shape index (κ3) is 11.7. The summed E-state index contributed by atoms with van der Waals surface area (Å²) < 4.78 is 15.1. The van der Waals surface area contributed by atoms with E-state index in [1.807, 2.05) is 11.0 Å². The molecule has 0 aliphatic rings. The van der Waals surface area contributed by atoms with Crippen molar-refractivity contribution in [2.45, 2.75) is 73.4 Å². The van der Waals surface area contributed by atoms with Crippen LogP contribution >= 0.6 is 0 Å². The van der Waals surface area contributed by atoms with E-state index in [-0.39, 0.29) is 56.1 Å². The molecule has 264 valence electrons. The number of carbonyl (C=O) groups excluding carboxylic acids is 5. The molecule has 1 atom stereocenters. The molecule has 1 aromatic heterocycles. The number of aromatic nitrogens is 2. The Morgan fingerprint density at radius 2 is 1.65 bits per heavy atom. The Kier molecular flexibility index (Phi) is 13.8. The Hall–Kier alpha value is -5.27. The number of anilines is 2. The number of ether oxygens (including phenoxy) is 3. The van der Waals surface area contributed by atoms with Crippen molar-refractivity contribution < 1.29 is 38.2 Å². The maximum atomic E-state index is 13.1. The van der Waals surface area contributed by atoms with E-state index in [9.17, 15) is 28.8 Å². The quantitative estimate of drug-likeness (QED) is 0.113. The number of benzene rings is 2. The highest BCUT2D eigenvalue weighted by Gasteiger charge is 2.25. The summed E-state index contributed by atoms with van der Waals surface area (Å²) in [7, 11) is 0. The Bertz CT molecular complexity index is 1700. The Labute approximate surface area is 284 Å². The zero-order chi connectivity index (χ0) is 36.1. The van der Waals surface area contributed by atoms with Gasteiger partial charge in [0.2, 0.25) is 11.9 Å². The van der Waals surface area contributed by atoms with Crippen LogP contribution < -0.4 is 21.1 Å². The minimum Gasteiger partial charge on any atom is -0.466 e. The maximum Gasteiger partial charge on any atom is 0.328 e. The lowest BCUT2D eigenvalue weighted by molar-refractivity contribution is -0.147. The highest BCUT2D eigenvalue weighted by Crippen LogP contribution is 2.22. The molecule has 3 rings (SSSR count). The first kappa shape index (κ1) is 38.2. The third-order valence-electron chi connectivity index (χ3n) is 7.25.